The van der Waals surface area contributed by atoms with E-state index in [-0.39, 0.29) is 17.0 Å². The largest absolute Gasteiger partial charge is 0.322 e. The van der Waals surface area contributed by atoms with Crippen molar-refractivity contribution in [2.45, 2.75) is 13.0 Å². The van der Waals surface area contributed by atoms with Gasteiger partial charge < -0.3 is 10.6 Å². The van der Waals surface area contributed by atoms with Crippen molar-refractivity contribution in [1.82, 2.24) is 10.3 Å². The molecule has 2 heterocycles. The van der Waals surface area contributed by atoms with Crippen LogP contribution in [0.4, 0.5) is 14.5 Å². The Balaban J connectivity index is 1.61. The summed E-state index contributed by atoms with van der Waals surface area (Å²) in [6.45, 7) is 1.75. The molecule has 126 valence electrons. The lowest BCUT2D eigenvalue weighted by Crippen LogP contribution is -2.23. The average Bonchev–Trinajstić information content (AvgIpc) is 2.64. The molecule has 0 radical (unpaired) electrons. The molecule has 4 rings (SSSR count). The van der Waals surface area contributed by atoms with Crippen LogP contribution in [-0.2, 0) is 13.0 Å². The van der Waals surface area contributed by atoms with E-state index in [0.717, 1.165) is 25.6 Å². The Morgan fingerprint density at radius 2 is 2.00 bits per heavy atom. The van der Waals surface area contributed by atoms with Crippen molar-refractivity contribution in [3.05, 3.63) is 70.9 Å². The van der Waals surface area contributed by atoms with E-state index in [4.69, 9.17) is 0 Å². The van der Waals surface area contributed by atoms with Crippen LogP contribution in [0.3, 0.4) is 0 Å². The van der Waals surface area contributed by atoms with Gasteiger partial charge in [-0.25, -0.2) is 8.78 Å². The molecule has 0 saturated carbocycles. The van der Waals surface area contributed by atoms with E-state index in [1.807, 2.05) is 18.2 Å². The van der Waals surface area contributed by atoms with Gasteiger partial charge in [-0.05, 0) is 54.4 Å². The highest BCUT2D eigenvalue weighted by molar-refractivity contribution is 6.05. The van der Waals surface area contributed by atoms with Crippen LogP contribution in [0.15, 0.2) is 42.6 Å². The Labute approximate surface area is 142 Å². The maximum atomic E-state index is 13.7. The highest BCUT2D eigenvalue weighted by Crippen LogP contribution is 2.22. The van der Waals surface area contributed by atoms with E-state index in [2.05, 4.69) is 15.6 Å². The number of amides is 1. The van der Waals surface area contributed by atoms with Crippen molar-refractivity contribution in [3.63, 3.8) is 0 Å². The number of pyridine rings is 1. The van der Waals surface area contributed by atoms with Crippen LogP contribution in [0.1, 0.15) is 21.5 Å². The fourth-order valence-electron chi connectivity index (χ4n) is 3.02. The highest BCUT2D eigenvalue weighted by Gasteiger charge is 2.14. The zero-order valence-electron chi connectivity index (χ0n) is 13.3. The molecule has 0 unspecified atom stereocenters. The summed E-state index contributed by atoms with van der Waals surface area (Å²) in [4.78, 5) is 16.3. The standard InChI is InChI=1S/C19H15F2N3O/c20-16-4-2-12-7-14(10-23-18(12)17(16)21)19(25)24-15-3-1-13-9-22-6-5-11(13)8-15/h1-4,7-8,10,22H,5-6,9H2,(H,24,25). The Kier molecular flexibility index (Phi) is 3.89. The third kappa shape index (κ3) is 2.96. The van der Waals surface area contributed by atoms with Crippen LogP contribution in [-0.4, -0.2) is 17.4 Å². The number of fused-ring (bicyclic) bond motifs is 2. The molecule has 0 spiro atoms. The summed E-state index contributed by atoms with van der Waals surface area (Å²) in [5, 5.41) is 6.51. The van der Waals surface area contributed by atoms with Gasteiger partial charge in [-0.2, -0.15) is 0 Å². The summed E-state index contributed by atoms with van der Waals surface area (Å²) in [7, 11) is 0. The summed E-state index contributed by atoms with van der Waals surface area (Å²) >= 11 is 0. The Hall–Kier alpha value is -2.86. The second-order valence-electron chi connectivity index (χ2n) is 6.02. The zero-order valence-corrected chi connectivity index (χ0v) is 13.3. The molecule has 25 heavy (non-hydrogen) atoms. The van der Waals surface area contributed by atoms with Crippen molar-refractivity contribution < 1.29 is 13.6 Å². The number of hydrogen-bond donors (Lipinski definition) is 2. The quantitative estimate of drug-likeness (QED) is 0.752. The normalized spacial score (nSPS) is 13.5. The third-order valence-corrected chi connectivity index (χ3v) is 4.36. The zero-order chi connectivity index (χ0) is 17.4. The number of carbonyl (C=O) groups excluding carboxylic acids is 1. The summed E-state index contributed by atoms with van der Waals surface area (Å²) in [5.74, 6) is -2.30. The van der Waals surface area contributed by atoms with Crippen LogP contribution >= 0.6 is 0 Å². The number of nitrogens with zero attached hydrogens (tertiary/aromatic N) is 1. The lowest BCUT2D eigenvalue weighted by molar-refractivity contribution is 0.102. The molecule has 1 aliphatic heterocycles. The molecule has 0 fully saturated rings. The molecule has 6 heteroatoms. The molecule has 1 aromatic heterocycles. The van der Waals surface area contributed by atoms with Gasteiger partial charge in [-0.15, -0.1) is 0 Å². The number of anilines is 1. The van der Waals surface area contributed by atoms with Crippen molar-refractivity contribution >= 4 is 22.5 Å². The predicted molar refractivity (Wildman–Crippen MR) is 91.5 cm³/mol. The first-order chi connectivity index (χ1) is 12.1. The van der Waals surface area contributed by atoms with Crippen molar-refractivity contribution in [1.29, 1.82) is 0 Å². The first-order valence-electron chi connectivity index (χ1n) is 7.99. The van der Waals surface area contributed by atoms with Gasteiger partial charge in [0.15, 0.2) is 11.6 Å². The van der Waals surface area contributed by atoms with Crippen LogP contribution in [0.5, 0.6) is 0 Å². The second-order valence-corrected chi connectivity index (χ2v) is 6.02. The Morgan fingerprint density at radius 3 is 2.88 bits per heavy atom. The lowest BCUT2D eigenvalue weighted by atomic mass is 10.0. The first kappa shape index (κ1) is 15.7. The van der Waals surface area contributed by atoms with E-state index >= 15 is 0 Å². The van der Waals surface area contributed by atoms with Crippen molar-refractivity contribution in [3.8, 4) is 0 Å². The van der Waals surface area contributed by atoms with Gasteiger partial charge in [-0.1, -0.05) is 6.07 Å². The molecule has 2 N–H and O–H groups in total. The predicted octanol–water partition coefficient (Wildman–Crippen LogP) is 3.41. The fourth-order valence-corrected chi connectivity index (χ4v) is 3.02. The monoisotopic (exact) mass is 339 g/mol. The smallest absolute Gasteiger partial charge is 0.257 e. The number of hydrogen-bond acceptors (Lipinski definition) is 3. The van der Waals surface area contributed by atoms with Crippen LogP contribution in [0.25, 0.3) is 10.9 Å². The van der Waals surface area contributed by atoms with Crippen molar-refractivity contribution in [2.75, 3.05) is 11.9 Å². The molecular weight excluding hydrogens is 324 g/mol. The minimum atomic E-state index is -1.01. The fraction of sp³-hybridized carbons (Fsp3) is 0.158. The molecular formula is C19H15F2N3O. The first-order valence-corrected chi connectivity index (χ1v) is 7.99. The number of rotatable bonds is 2. The molecule has 0 aliphatic carbocycles. The number of halogens is 2. The molecule has 1 amide bonds. The van der Waals surface area contributed by atoms with E-state index < -0.39 is 11.6 Å². The van der Waals surface area contributed by atoms with Crippen LogP contribution < -0.4 is 10.6 Å². The lowest BCUT2D eigenvalue weighted by Gasteiger charge is -2.18. The summed E-state index contributed by atoms with van der Waals surface area (Å²) < 4.78 is 26.9. The number of carbonyl (C=O) groups is 1. The van der Waals surface area contributed by atoms with Gasteiger partial charge in [0.2, 0.25) is 0 Å². The molecule has 1 aliphatic rings. The summed E-state index contributed by atoms with van der Waals surface area (Å²) in [6, 6.07) is 9.75. The number of nitrogens with one attached hydrogen (secondary N) is 2. The molecule has 2 aromatic carbocycles. The molecule has 4 nitrogen and oxygen atoms in total. The minimum absolute atomic E-state index is 0.0853. The van der Waals surface area contributed by atoms with Gasteiger partial charge in [0.05, 0.1) is 5.56 Å². The molecule has 0 atom stereocenters. The van der Waals surface area contributed by atoms with Gasteiger partial charge in [0, 0.05) is 23.8 Å². The average molecular weight is 339 g/mol. The highest BCUT2D eigenvalue weighted by atomic mass is 19.2. The maximum absolute atomic E-state index is 13.7. The van der Waals surface area contributed by atoms with E-state index in [1.54, 1.807) is 0 Å². The number of aromatic nitrogens is 1. The van der Waals surface area contributed by atoms with E-state index in [9.17, 15) is 13.6 Å². The maximum Gasteiger partial charge on any atom is 0.257 e. The summed E-state index contributed by atoms with van der Waals surface area (Å²) in [5.41, 5.74) is 3.35. The molecule has 3 aromatic rings. The van der Waals surface area contributed by atoms with Crippen LogP contribution in [0.2, 0.25) is 0 Å². The van der Waals surface area contributed by atoms with Crippen LogP contribution in [0, 0.1) is 11.6 Å². The van der Waals surface area contributed by atoms with Gasteiger partial charge >= 0.3 is 0 Å². The third-order valence-electron chi connectivity index (χ3n) is 4.36. The Bertz CT molecular complexity index is 988. The minimum Gasteiger partial charge on any atom is -0.322 e. The van der Waals surface area contributed by atoms with Gasteiger partial charge in [0.25, 0.3) is 5.91 Å². The molecule has 0 saturated heterocycles. The second kappa shape index (κ2) is 6.22. The van der Waals surface area contributed by atoms with Gasteiger partial charge in [0.1, 0.15) is 5.52 Å². The topological polar surface area (TPSA) is 54.0 Å². The number of benzene rings is 2. The van der Waals surface area contributed by atoms with Gasteiger partial charge in [-0.3, -0.25) is 9.78 Å². The molecule has 0 bridgehead atoms. The Morgan fingerprint density at radius 1 is 1.12 bits per heavy atom. The van der Waals surface area contributed by atoms with E-state index in [1.165, 1.54) is 29.5 Å². The SMILES string of the molecule is O=C(Nc1ccc2c(c1)CCNC2)c1cnc2c(F)c(F)ccc2c1. The van der Waals surface area contributed by atoms with E-state index in [0.29, 0.717) is 11.1 Å². The summed E-state index contributed by atoms with van der Waals surface area (Å²) in [6.07, 6.45) is 2.17. The van der Waals surface area contributed by atoms with Crippen molar-refractivity contribution in [2.24, 2.45) is 0 Å².